The first kappa shape index (κ1) is 27.5. The predicted molar refractivity (Wildman–Crippen MR) is 103 cm³/mol. The molecule has 14 heteroatoms. The van der Waals surface area contributed by atoms with Crippen molar-refractivity contribution >= 4 is 42.5 Å². The van der Waals surface area contributed by atoms with Gasteiger partial charge in [-0.25, -0.2) is 4.57 Å². The zero-order valence-electron chi connectivity index (χ0n) is 16.4. The van der Waals surface area contributed by atoms with Gasteiger partial charge in [-0.05, 0) is 0 Å². The van der Waals surface area contributed by atoms with Crippen LogP contribution in [0.5, 0.6) is 0 Å². The van der Waals surface area contributed by atoms with E-state index in [1.807, 2.05) is 0 Å². The van der Waals surface area contributed by atoms with Crippen LogP contribution in [0.25, 0.3) is 0 Å². The quantitative estimate of drug-likeness (QED) is 0.128. The van der Waals surface area contributed by atoms with Crippen LogP contribution in [-0.4, -0.2) is 76.7 Å². The standard InChI is InChI=1S/C15H27N2O10PS/c1-15(2,9-27-28(24,25)26-3)13(22)14(23)17-5-4-10(18)16-6-7-29-12(21)8-11(19)20/h13,22H,4-9H2,1-3H3,(H,16,18)(H,17,23)(H,19,20)(H,24,25)/t13-/m0/s1. The van der Waals surface area contributed by atoms with Crippen molar-refractivity contribution in [1.82, 2.24) is 10.6 Å². The third-order valence-corrected chi connectivity index (χ3v) is 5.24. The predicted octanol–water partition coefficient (Wildman–Crippen LogP) is -0.506. The number of carbonyl (C=O) groups excluding carboxylic acids is 3. The summed E-state index contributed by atoms with van der Waals surface area (Å²) in [6.45, 7) is 2.55. The first-order chi connectivity index (χ1) is 13.3. The number of phosphoric ester groups is 1. The van der Waals surface area contributed by atoms with Gasteiger partial charge in [-0.15, -0.1) is 0 Å². The number of phosphoric acid groups is 1. The number of hydrogen-bond acceptors (Lipinski definition) is 9. The van der Waals surface area contributed by atoms with Crippen LogP contribution >= 0.6 is 19.6 Å². The number of carbonyl (C=O) groups is 4. The van der Waals surface area contributed by atoms with Crippen molar-refractivity contribution in [3.05, 3.63) is 0 Å². The Bertz CT molecular complexity index is 643. The maximum absolute atomic E-state index is 12.0. The number of amides is 2. The lowest BCUT2D eigenvalue weighted by Gasteiger charge is -2.29. The fraction of sp³-hybridized carbons (Fsp3) is 0.733. The molecule has 29 heavy (non-hydrogen) atoms. The van der Waals surface area contributed by atoms with E-state index < -0.39 is 55.3 Å². The third kappa shape index (κ3) is 12.6. The molecule has 0 aromatic carbocycles. The number of carboxylic acid groups (broad SMARTS) is 1. The average Bonchev–Trinajstić information content (AvgIpc) is 2.62. The zero-order valence-corrected chi connectivity index (χ0v) is 18.1. The van der Waals surface area contributed by atoms with Crippen LogP contribution in [0.4, 0.5) is 0 Å². The molecule has 1 unspecified atom stereocenters. The van der Waals surface area contributed by atoms with Gasteiger partial charge in [0.2, 0.25) is 11.8 Å². The molecule has 168 valence electrons. The molecule has 0 rings (SSSR count). The Morgan fingerprint density at radius 3 is 2.34 bits per heavy atom. The largest absolute Gasteiger partial charge is 0.481 e. The molecule has 0 fully saturated rings. The summed E-state index contributed by atoms with van der Waals surface area (Å²) >= 11 is 0.794. The normalized spacial score (nSPS) is 14.5. The van der Waals surface area contributed by atoms with Crippen molar-refractivity contribution in [3.8, 4) is 0 Å². The summed E-state index contributed by atoms with van der Waals surface area (Å²) in [5.74, 6) is -2.20. The van der Waals surface area contributed by atoms with Crippen molar-refractivity contribution in [2.45, 2.75) is 32.8 Å². The molecule has 0 radical (unpaired) electrons. The molecule has 0 aliphatic carbocycles. The van der Waals surface area contributed by atoms with Crippen LogP contribution in [0.3, 0.4) is 0 Å². The SMILES string of the molecule is COP(=O)(O)OCC(C)(C)[C@@H](O)C(=O)NCCC(=O)NCCSC(=O)CC(=O)O. The van der Waals surface area contributed by atoms with Gasteiger partial charge in [0.1, 0.15) is 12.5 Å². The maximum Gasteiger partial charge on any atom is 0.471 e. The van der Waals surface area contributed by atoms with Gasteiger partial charge < -0.3 is 25.7 Å². The highest BCUT2D eigenvalue weighted by Crippen LogP contribution is 2.43. The minimum Gasteiger partial charge on any atom is -0.481 e. The second-order valence-electron chi connectivity index (χ2n) is 6.50. The fourth-order valence-electron chi connectivity index (χ4n) is 1.75. The number of carboxylic acids is 1. The molecule has 5 N–H and O–H groups in total. The van der Waals surface area contributed by atoms with E-state index in [1.165, 1.54) is 13.8 Å². The molecule has 0 aromatic heterocycles. The molecule has 0 heterocycles. The van der Waals surface area contributed by atoms with Gasteiger partial charge >= 0.3 is 13.8 Å². The van der Waals surface area contributed by atoms with Crippen molar-refractivity contribution in [2.75, 3.05) is 32.6 Å². The topological polar surface area (TPSA) is 189 Å². The van der Waals surface area contributed by atoms with E-state index in [2.05, 4.69) is 19.7 Å². The number of rotatable bonds is 14. The molecule has 0 bridgehead atoms. The molecule has 12 nitrogen and oxygen atoms in total. The highest BCUT2D eigenvalue weighted by Gasteiger charge is 2.36. The molecule has 0 aliphatic rings. The first-order valence-electron chi connectivity index (χ1n) is 8.43. The number of aliphatic carboxylic acids is 1. The summed E-state index contributed by atoms with van der Waals surface area (Å²) in [5, 5.41) is 22.9. The molecule has 0 spiro atoms. The van der Waals surface area contributed by atoms with Gasteiger partial charge in [0.25, 0.3) is 0 Å². The minimum absolute atomic E-state index is 0.0691. The van der Waals surface area contributed by atoms with E-state index in [-0.39, 0.29) is 25.3 Å². The average molecular weight is 458 g/mol. The van der Waals surface area contributed by atoms with Crippen molar-refractivity contribution in [2.24, 2.45) is 5.41 Å². The van der Waals surface area contributed by atoms with Gasteiger partial charge in [-0.2, -0.15) is 0 Å². The van der Waals surface area contributed by atoms with Gasteiger partial charge in [0.05, 0.1) is 6.61 Å². The van der Waals surface area contributed by atoms with Gasteiger partial charge in [-0.1, -0.05) is 25.6 Å². The van der Waals surface area contributed by atoms with Crippen LogP contribution in [0, 0.1) is 5.41 Å². The Morgan fingerprint density at radius 2 is 1.79 bits per heavy atom. The third-order valence-electron chi connectivity index (χ3n) is 3.45. The molecule has 0 saturated carbocycles. The monoisotopic (exact) mass is 458 g/mol. The lowest BCUT2D eigenvalue weighted by molar-refractivity contribution is -0.139. The Labute approximate surface area is 172 Å². The molecule has 2 amide bonds. The van der Waals surface area contributed by atoms with Crippen molar-refractivity contribution in [3.63, 3.8) is 0 Å². The molecular weight excluding hydrogens is 431 g/mol. The van der Waals surface area contributed by atoms with Gasteiger partial charge in [0.15, 0.2) is 5.12 Å². The Balaban J connectivity index is 4.14. The molecule has 2 atom stereocenters. The lowest BCUT2D eigenvalue weighted by atomic mass is 9.87. The van der Waals surface area contributed by atoms with Crippen molar-refractivity contribution < 1.29 is 47.9 Å². The van der Waals surface area contributed by atoms with Crippen molar-refractivity contribution in [1.29, 1.82) is 0 Å². The fourth-order valence-corrected chi connectivity index (χ4v) is 3.01. The van der Waals surface area contributed by atoms with E-state index in [1.54, 1.807) is 0 Å². The first-order valence-corrected chi connectivity index (χ1v) is 10.9. The molecular formula is C15H27N2O10PS. The van der Waals surface area contributed by atoms with Crippen LogP contribution < -0.4 is 10.6 Å². The van der Waals surface area contributed by atoms with Crippen LogP contribution in [0.2, 0.25) is 0 Å². The summed E-state index contributed by atoms with van der Waals surface area (Å²) in [4.78, 5) is 54.3. The smallest absolute Gasteiger partial charge is 0.471 e. The summed E-state index contributed by atoms with van der Waals surface area (Å²) in [5.41, 5.74) is -1.21. The second kappa shape index (κ2) is 12.9. The summed E-state index contributed by atoms with van der Waals surface area (Å²) in [7, 11) is -3.27. The Kier molecular flexibility index (Phi) is 12.3. The minimum atomic E-state index is -4.25. The molecule has 0 aromatic rings. The highest BCUT2D eigenvalue weighted by molar-refractivity contribution is 8.13. The zero-order chi connectivity index (χ0) is 22.7. The van der Waals surface area contributed by atoms with Crippen LogP contribution in [-0.2, 0) is 32.8 Å². The lowest BCUT2D eigenvalue weighted by Crippen LogP contribution is -2.46. The highest BCUT2D eigenvalue weighted by atomic mass is 32.2. The van der Waals surface area contributed by atoms with E-state index in [0.717, 1.165) is 18.9 Å². The second-order valence-corrected chi connectivity index (χ2v) is 9.21. The van der Waals surface area contributed by atoms with Crippen LogP contribution in [0.1, 0.15) is 26.7 Å². The number of thioether (sulfide) groups is 1. The van der Waals surface area contributed by atoms with E-state index >= 15 is 0 Å². The Morgan fingerprint density at radius 1 is 1.17 bits per heavy atom. The van der Waals surface area contributed by atoms with E-state index in [4.69, 9.17) is 5.11 Å². The summed E-state index contributed by atoms with van der Waals surface area (Å²) in [6.07, 6.45) is -2.24. The van der Waals surface area contributed by atoms with E-state index in [9.17, 15) is 33.7 Å². The summed E-state index contributed by atoms with van der Waals surface area (Å²) in [6, 6.07) is 0. The molecule has 0 aliphatic heterocycles. The Hall–Kier alpha value is -1.50. The summed E-state index contributed by atoms with van der Waals surface area (Å²) < 4.78 is 20.2. The van der Waals surface area contributed by atoms with Gasteiger partial charge in [-0.3, -0.25) is 28.2 Å². The maximum atomic E-state index is 12.0. The number of aliphatic hydroxyl groups excluding tert-OH is 1. The number of hydrogen-bond donors (Lipinski definition) is 5. The number of nitrogens with one attached hydrogen (secondary N) is 2. The van der Waals surface area contributed by atoms with Gasteiger partial charge in [0, 0.05) is 37.8 Å². The molecule has 0 saturated heterocycles. The number of aliphatic hydroxyl groups is 1. The van der Waals surface area contributed by atoms with E-state index in [0.29, 0.717) is 0 Å². The van der Waals surface area contributed by atoms with Crippen LogP contribution in [0.15, 0.2) is 0 Å².